The molecule has 3 aromatic carbocycles. The van der Waals surface area contributed by atoms with Gasteiger partial charge in [-0.2, -0.15) is 9.90 Å². The summed E-state index contributed by atoms with van der Waals surface area (Å²) in [5.41, 5.74) is 6.91. The first kappa shape index (κ1) is 80.8. The highest BCUT2D eigenvalue weighted by Crippen LogP contribution is 2.52. The second-order valence-corrected chi connectivity index (χ2v) is 35.6. The average molecular weight is 1630 g/mol. The van der Waals surface area contributed by atoms with E-state index in [1.165, 1.54) is 66.1 Å². The number of para-hydroxylation sites is 3. The number of aryl methyl sites for hydroxylation is 3. The molecule has 4 atom stereocenters. The van der Waals surface area contributed by atoms with E-state index < -0.39 is 35.5 Å². The minimum Gasteiger partial charge on any atom is -0.444 e. The molecule has 4 unspecified atom stereocenters. The summed E-state index contributed by atoms with van der Waals surface area (Å²) in [5.74, 6) is -1.27. The summed E-state index contributed by atoms with van der Waals surface area (Å²) in [6.07, 6.45) is 22.5. The highest BCUT2D eigenvalue weighted by molar-refractivity contribution is 9.10. The number of amides is 8. The fourth-order valence-electron chi connectivity index (χ4n) is 18.4. The summed E-state index contributed by atoms with van der Waals surface area (Å²) < 4.78 is 21.3. The Morgan fingerprint density at radius 2 is 0.738 bits per heavy atom. The van der Waals surface area contributed by atoms with Crippen molar-refractivity contribution in [2.45, 2.75) is 242 Å². The van der Waals surface area contributed by atoms with E-state index in [1.807, 2.05) is 87.7 Å². The molecule has 9 fully saturated rings. The standard InChI is InChI=1S/C28H38N4O5.C23H30N4O3.C15H26BrNO2.C13H12BrN3O3.H3P/c1-27(2,3)37-26(36)31-16-14-28(15-17-31)12-10-18(11-13-28)19-6-5-7-20-23(19)30(4)25(35)32(20)21-8-9-22(33)29-24(21)34;1-26-20-16(15-7-9-23(10-8-15)11-13-24-14-12-23)3-2-4-17(20)27(22(26)30)18-5-6-19(28)25-21(18)29;1-14(2,3)19-13(18)17-10-8-15(9-11-17)6-4-12(16)5-7-15;1-16-11-7(14)3-2-4-8(11)17(13(16)20)9-5-6-10(18)15-12(9)19;/h5-7,18,21H,8-17H2,1-4H3,(H,29,33,34);2-4,15,18,24H,5-14H2,1H3,(H,25,28,29);12H,4-11H2,1-3H3;2-4,9H,5-6H2,1H3,(H,15,18,19);1H3. The summed E-state index contributed by atoms with van der Waals surface area (Å²) in [7, 11) is 5.23. The van der Waals surface area contributed by atoms with Crippen LogP contribution in [0, 0.1) is 16.2 Å². The fourth-order valence-corrected chi connectivity index (χ4v) is 19.5. The summed E-state index contributed by atoms with van der Waals surface area (Å²) in [6, 6.07) is 15.6. The summed E-state index contributed by atoms with van der Waals surface area (Å²) in [5, 5.41) is 10.5. The monoisotopic (exact) mass is 1620 g/mol. The van der Waals surface area contributed by atoms with E-state index >= 15 is 0 Å². The Morgan fingerprint density at radius 1 is 0.430 bits per heavy atom. The number of hydrogen-bond donors (Lipinski definition) is 4. The molecule has 15 rings (SSSR count). The molecule has 6 aliphatic heterocycles. The van der Waals surface area contributed by atoms with Gasteiger partial charge in [0.1, 0.15) is 29.3 Å². The lowest BCUT2D eigenvalue weighted by Gasteiger charge is -2.46. The lowest BCUT2D eigenvalue weighted by Crippen LogP contribution is -2.46. The average Bonchev–Trinajstić information content (AvgIpc) is 1.58. The van der Waals surface area contributed by atoms with Gasteiger partial charge >= 0.3 is 29.3 Å². The number of imidazole rings is 3. The number of hydrogen-bond acceptors (Lipinski definition) is 14. The predicted octanol–water partition coefficient (Wildman–Crippen LogP) is 11.8. The minimum atomic E-state index is -0.672. The number of aromatic nitrogens is 6. The molecule has 0 radical (unpaired) electrons. The summed E-state index contributed by atoms with van der Waals surface area (Å²) in [4.78, 5) is 139. The van der Waals surface area contributed by atoms with E-state index in [4.69, 9.17) is 9.47 Å². The molecule has 3 saturated carbocycles. The van der Waals surface area contributed by atoms with Gasteiger partial charge in [-0.25, -0.2) is 24.0 Å². The quantitative estimate of drug-likeness (QED) is 0.0709. The third-order valence-corrected chi connectivity index (χ3v) is 26.0. The number of fused-ring (bicyclic) bond motifs is 3. The van der Waals surface area contributed by atoms with Gasteiger partial charge in [-0.05, 0) is 269 Å². The molecule has 28 heteroatoms. The Bertz CT molecular complexity index is 4540. The molecule has 107 heavy (non-hydrogen) atoms. The van der Waals surface area contributed by atoms with Gasteiger partial charge in [-0.1, -0.05) is 46.3 Å². The van der Waals surface area contributed by atoms with Crippen LogP contribution in [0.15, 0.2) is 73.5 Å². The van der Waals surface area contributed by atoms with Gasteiger partial charge in [0, 0.05) is 75.9 Å². The predicted molar refractivity (Wildman–Crippen MR) is 422 cm³/mol. The van der Waals surface area contributed by atoms with Crippen molar-refractivity contribution in [1.82, 2.24) is 58.5 Å². The normalized spacial score (nSPS) is 23.9. The largest absolute Gasteiger partial charge is 0.444 e. The van der Waals surface area contributed by atoms with Crippen LogP contribution in [0.1, 0.15) is 237 Å². The second kappa shape index (κ2) is 32.8. The maximum Gasteiger partial charge on any atom is 0.410 e. The Hall–Kier alpha value is -7.22. The number of nitrogens with zero attached hydrogens (tertiary/aromatic N) is 8. The molecule has 6 aromatic rings. The lowest BCUT2D eigenvalue weighted by atomic mass is 9.64. The van der Waals surface area contributed by atoms with Crippen molar-refractivity contribution < 1.29 is 47.8 Å². The Morgan fingerprint density at radius 3 is 1.07 bits per heavy atom. The van der Waals surface area contributed by atoms with E-state index in [9.17, 15) is 52.7 Å². The number of rotatable bonds is 5. The smallest absolute Gasteiger partial charge is 0.410 e. The van der Waals surface area contributed by atoms with E-state index in [0.717, 1.165) is 141 Å². The van der Waals surface area contributed by atoms with Gasteiger partial charge in [0.25, 0.3) is 0 Å². The summed E-state index contributed by atoms with van der Waals surface area (Å²) >= 11 is 7.14. The van der Waals surface area contributed by atoms with Crippen LogP contribution in [0.3, 0.4) is 0 Å². The SMILES string of the molecule is CC(C)(C)OC(=O)N1CCC2(CCC(Br)CC2)CC1.Cn1c(=O)n(C2CCC(=O)NC2=O)c2cccc(Br)c21.Cn1c(=O)n(C2CCC(=O)NC2=O)c2cccc(C3CCC4(CC3)CCN(C(=O)OC(C)(C)C)CC4)c21.Cn1c(=O)n(C2CCC(=O)NC2=O)c2cccc(C3CCC4(CCNCC4)CC3)c21.P. The molecule has 9 aliphatic rings. The molecule has 3 aromatic heterocycles. The summed E-state index contributed by atoms with van der Waals surface area (Å²) in [6.45, 7) is 16.9. The van der Waals surface area contributed by atoms with Crippen molar-refractivity contribution in [2.24, 2.45) is 37.4 Å². The fraction of sp³-hybridized carbons (Fsp3) is 0.633. The maximum atomic E-state index is 13.3. The van der Waals surface area contributed by atoms with Crippen LogP contribution >= 0.6 is 41.8 Å². The molecule has 3 spiro atoms. The van der Waals surface area contributed by atoms with E-state index in [-0.39, 0.29) is 93.1 Å². The van der Waals surface area contributed by atoms with Gasteiger partial charge in [0.2, 0.25) is 35.4 Å². The first-order chi connectivity index (χ1) is 50.3. The molecule has 8 amide bonds. The van der Waals surface area contributed by atoms with Gasteiger partial charge < -0.3 is 24.6 Å². The van der Waals surface area contributed by atoms with E-state index in [0.29, 0.717) is 52.3 Å². The van der Waals surface area contributed by atoms with Crippen molar-refractivity contribution in [1.29, 1.82) is 0 Å². The number of benzene rings is 3. The number of carbonyl (C=O) groups is 8. The van der Waals surface area contributed by atoms with Gasteiger partial charge in [0.05, 0.1) is 33.1 Å². The van der Waals surface area contributed by atoms with Gasteiger partial charge in [-0.3, -0.25) is 72.1 Å². The van der Waals surface area contributed by atoms with Crippen LogP contribution in [-0.2, 0) is 59.4 Å². The molecule has 4 N–H and O–H groups in total. The number of ether oxygens (including phenoxy) is 2. The Labute approximate surface area is 644 Å². The van der Waals surface area contributed by atoms with Crippen molar-refractivity contribution in [3.8, 4) is 0 Å². The van der Waals surface area contributed by atoms with Gasteiger partial charge in [0.15, 0.2) is 0 Å². The Balaban J connectivity index is 0.000000147. The van der Waals surface area contributed by atoms with E-state index in [1.54, 1.807) is 45.5 Å². The molecular weight excluding hydrogens is 1520 g/mol. The third kappa shape index (κ3) is 17.5. The second-order valence-electron chi connectivity index (χ2n) is 33.5. The van der Waals surface area contributed by atoms with Crippen molar-refractivity contribution in [2.75, 3.05) is 39.3 Å². The molecule has 582 valence electrons. The van der Waals surface area contributed by atoms with Crippen LogP contribution in [0.5, 0.6) is 0 Å². The zero-order valence-electron chi connectivity index (χ0n) is 63.7. The molecule has 25 nitrogen and oxygen atoms in total. The number of likely N-dealkylation sites (tertiary alicyclic amines) is 2. The number of imide groups is 3. The van der Waals surface area contributed by atoms with Crippen LogP contribution in [0.4, 0.5) is 9.59 Å². The van der Waals surface area contributed by atoms with Crippen LogP contribution in [-0.4, -0.2) is 140 Å². The third-order valence-electron chi connectivity index (χ3n) is 24.5. The molecule has 0 bridgehead atoms. The number of alkyl halides is 1. The molecule has 3 aliphatic carbocycles. The zero-order chi connectivity index (χ0) is 75.9. The van der Waals surface area contributed by atoms with Crippen LogP contribution in [0.25, 0.3) is 33.1 Å². The van der Waals surface area contributed by atoms with Crippen molar-refractivity contribution >= 4 is 122 Å². The van der Waals surface area contributed by atoms with Crippen LogP contribution < -0.4 is 38.3 Å². The lowest BCUT2D eigenvalue weighted by molar-refractivity contribution is -0.137. The van der Waals surface area contributed by atoms with E-state index in [2.05, 4.69) is 65.3 Å². The highest BCUT2D eigenvalue weighted by Gasteiger charge is 2.44. The number of halogens is 2. The number of carbonyl (C=O) groups excluding carboxylic acids is 8. The zero-order valence-corrected chi connectivity index (χ0v) is 68.3. The van der Waals surface area contributed by atoms with Crippen LogP contribution in [0.2, 0.25) is 0 Å². The topological polar surface area (TPSA) is 290 Å². The highest BCUT2D eigenvalue weighted by atomic mass is 79.9. The number of nitrogens with one attached hydrogen (secondary N) is 4. The minimum absolute atomic E-state index is 0. The molecule has 9 heterocycles. The molecule has 6 saturated heterocycles. The first-order valence-electron chi connectivity index (χ1n) is 38.3. The number of piperidine rings is 6. The maximum absolute atomic E-state index is 13.3. The van der Waals surface area contributed by atoms with Gasteiger partial charge in [-0.15, -0.1) is 0 Å². The molecular formula is C79H109Br2N12O13P. The Kier molecular flexibility index (Phi) is 24.7. The van der Waals surface area contributed by atoms with Crippen molar-refractivity contribution in [3.05, 3.63) is 102 Å². The van der Waals surface area contributed by atoms with Crippen molar-refractivity contribution in [3.63, 3.8) is 0 Å². The first-order valence-corrected chi connectivity index (χ1v) is 40.0.